The molecule has 11 nitrogen and oxygen atoms in total. The van der Waals surface area contributed by atoms with E-state index in [4.69, 9.17) is 27.9 Å². The number of phenolic OH excluding ortho intramolecular Hbond substituents is 1. The Morgan fingerprint density at radius 1 is 0.887 bits per heavy atom. The van der Waals surface area contributed by atoms with E-state index < -0.39 is 75.4 Å². The predicted octanol–water partition coefficient (Wildman–Crippen LogP) is 9.82. The third-order valence-corrected chi connectivity index (χ3v) is 13.5. The highest BCUT2D eigenvalue weighted by molar-refractivity contribution is 9.10. The highest BCUT2D eigenvalue weighted by Crippen LogP contribution is 2.65. The standard InChI is InChI=1S/C45H33BrCl2F3N5O6/c1-62-35-18-22(17-33(46)38(35)57)37-29-15-16-30-36(42(60)55(40(30)58)28-13-11-27(12-14-28)53-26-5-3-2-4-6-26)31(29)20-32-41(59)56(43(61)44(32,37)23-7-9-25(47)10-8-23)54-39-34(48)19-24(21-52-39)45(49,50)51/h2-15,17-19,21,30-32,36-37,53,57H,16,20H2,1H3,(H,52,54). The Kier molecular flexibility index (Phi) is 10.3. The van der Waals surface area contributed by atoms with Crippen LogP contribution in [-0.2, 0) is 30.8 Å². The van der Waals surface area contributed by atoms with Gasteiger partial charge < -0.3 is 15.2 Å². The summed E-state index contributed by atoms with van der Waals surface area (Å²) in [7, 11) is 1.36. The first kappa shape index (κ1) is 41.5. The van der Waals surface area contributed by atoms with E-state index in [-0.39, 0.29) is 34.6 Å². The summed E-state index contributed by atoms with van der Waals surface area (Å²) >= 11 is 16.1. The van der Waals surface area contributed by atoms with Gasteiger partial charge in [0.05, 0.1) is 51.0 Å². The lowest BCUT2D eigenvalue weighted by Gasteiger charge is -2.50. The van der Waals surface area contributed by atoms with Crippen molar-refractivity contribution in [3.8, 4) is 11.5 Å². The van der Waals surface area contributed by atoms with Gasteiger partial charge in [-0.3, -0.25) is 29.5 Å². The number of amides is 4. The number of para-hydroxylation sites is 1. The Labute approximate surface area is 370 Å². The minimum Gasteiger partial charge on any atom is -0.503 e. The molecular weight excluding hydrogens is 914 g/mol. The number of carbonyl (C=O) groups excluding carboxylic acids is 4. The van der Waals surface area contributed by atoms with Crippen LogP contribution in [0.15, 0.2) is 119 Å². The molecule has 3 fully saturated rings. The van der Waals surface area contributed by atoms with Crippen molar-refractivity contribution < 1.29 is 42.2 Å². The fourth-order valence-electron chi connectivity index (χ4n) is 9.71. The van der Waals surface area contributed by atoms with E-state index in [1.807, 2.05) is 36.4 Å². The van der Waals surface area contributed by atoms with Crippen LogP contribution in [0.4, 0.5) is 36.1 Å². The average molecular weight is 948 g/mol. The molecule has 2 saturated heterocycles. The smallest absolute Gasteiger partial charge is 0.417 e. The maximum atomic E-state index is 15.5. The molecule has 0 radical (unpaired) electrons. The average Bonchev–Trinajstić information content (AvgIpc) is 3.63. The van der Waals surface area contributed by atoms with Crippen LogP contribution in [0, 0.1) is 23.7 Å². The molecular formula is C45H33BrCl2F3N5O6. The summed E-state index contributed by atoms with van der Waals surface area (Å²) in [5.41, 5.74) is 3.05. The molecule has 5 aromatic rings. The zero-order valence-electron chi connectivity index (χ0n) is 32.3. The van der Waals surface area contributed by atoms with Crippen molar-refractivity contribution in [1.29, 1.82) is 0 Å². The lowest BCUT2D eigenvalue weighted by molar-refractivity contribution is -0.139. The molecule has 0 bridgehead atoms. The third kappa shape index (κ3) is 6.59. The number of hydrazine groups is 1. The Hall–Kier alpha value is -5.90. The molecule has 2 aliphatic carbocycles. The number of ether oxygens (including phenoxy) is 1. The van der Waals surface area contributed by atoms with Crippen LogP contribution in [0.3, 0.4) is 0 Å². The molecule has 3 N–H and O–H groups in total. The number of hydrogen-bond donors (Lipinski definition) is 3. The Morgan fingerprint density at radius 2 is 1.58 bits per heavy atom. The second kappa shape index (κ2) is 15.5. The number of pyridine rings is 1. The highest BCUT2D eigenvalue weighted by Gasteiger charge is 2.70. The number of halogens is 6. The number of nitrogens with one attached hydrogen (secondary N) is 2. The first-order valence-electron chi connectivity index (χ1n) is 19.3. The largest absolute Gasteiger partial charge is 0.503 e. The van der Waals surface area contributed by atoms with E-state index in [1.165, 1.54) is 12.0 Å². The van der Waals surface area contributed by atoms with Crippen molar-refractivity contribution in [1.82, 2.24) is 9.99 Å². The number of imide groups is 2. The number of phenols is 1. The van der Waals surface area contributed by atoms with Crippen LogP contribution in [0.25, 0.3) is 0 Å². The maximum absolute atomic E-state index is 15.5. The Bertz CT molecular complexity index is 2710. The second-order valence-electron chi connectivity index (χ2n) is 15.5. The van der Waals surface area contributed by atoms with E-state index in [9.17, 15) is 27.9 Å². The summed E-state index contributed by atoms with van der Waals surface area (Å²) in [6.07, 6.45) is -2.32. The molecule has 6 atom stereocenters. The van der Waals surface area contributed by atoms with Crippen LogP contribution in [0.2, 0.25) is 10.0 Å². The molecule has 4 amide bonds. The Balaban J connectivity index is 1.17. The molecule has 2 aliphatic heterocycles. The minimum atomic E-state index is -4.77. The molecule has 4 aromatic carbocycles. The molecule has 0 spiro atoms. The topological polar surface area (TPSA) is 141 Å². The van der Waals surface area contributed by atoms with Gasteiger partial charge in [0.2, 0.25) is 11.8 Å². The number of nitrogens with zero attached hydrogens (tertiary/aromatic N) is 3. The molecule has 9 rings (SSSR count). The molecule has 17 heteroatoms. The summed E-state index contributed by atoms with van der Waals surface area (Å²) in [6.45, 7) is 0. The number of fused-ring (bicyclic) bond motifs is 4. The number of anilines is 4. The fraction of sp³-hybridized carbons (Fsp3) is 0.222. The van der Waals surface area contributed by atoms with Crippen LogP contribution in [0.1, 0.15) is 35.4 Å². The number of hydrogen-bond acceptors (Lipinski definition) is 9. The van der Waals surface area contributed by atoms with Gasteiger partial charge in [-0.2, -0.15) is 18.2 Å². The Morgan fingerprint density at radius 3 is 2.24 bits per heavy atom. The van der Waals surface area contributed by atoms with Crippen molar-refractivity contribution >= 4 is 85.6 Å². The zero-order valence-corrected chi connectivity index (χ0v) is 35.4. The second-order valence-corrected chi connectivity index (χ2v) is 17.2. The number of rotatable bonds is 8. The van der Waals surface area contributed by atoms with Crippen LogP contribution in [-0.4, -0.2) is 45.8 Å². The zero-order chi connectivity index (χ0) is 43.8. The summed E-state index contributed by atoms with van der Waals surface area (Å²) in [5.74, 6) is -7.75. The van der Waals surface area contributed by atoms with Gasteiger partial charge in [-0.15, -0.1) is 0 Å². The molecule has 4 aliphatic rings. The number of methoxy groups -OCH3 is 1. The van der Waals surface area contributed by atoms with Gasteiger partial charge in [0.15, 0.2) is 17.3 Å². The molecule has 3 heterocycles. The number of aromatic hydroxyl groups is 1. The SMILES string of the molecule is COc1cc(C2C3=CCC4C(=O)N(c5ccc(Nc6ccccc6)cc5)C(=O)C4C3CC3C(=O)N(Nc4ncc(C(F)(F)F)cc4Cl)C(=O)C32c2ccc(Cl)cc2)cc(Br)c1O. The maximum Gasteiger partial charge on any atom is 0.417 e. The van der Waals surface area contributed by atoms with Gasteiger partial charge in [-0.05, 0) is 113 Å². The number of aromatic nitrogens is 1. The van der Waals surface area contributed by atoms with Crippen LogP contribution < -0.4 is 20.4 Å². The quantitative estimate of drug-likeness (QED) is 0.102. The van der Waals surface area contributed by atoms with Gasteiger partial charge in [0, 0.05) is 28.5 Å². The minimum absolute atomic E-state index is 0.0459. The highest BCUT2D eigenvalue weighted by atomic mass is 79.9. The van der Waals surface area contributed by atoms with E-state index in [1.54, 1.807) is 60.7 Å². The monoisotopic (exact) mass is 945 g/mol. The summed E-state index contributed by atoms with van der Waals surface area (Å²) < 4.78 is 46.5. The van der Waals surface area contributed by atoms with Crippen molar-refractivity contribution in [2.45, 2.75) is 30.4 Å². The summed E-state index contributed by atoms with van der Waals surface area (Å²) in [5, 5.41) is 14.8. The number of allylic oxidation sites excluding steroid dienone is 2. The molecule has 1 saturated carbocycles. The van der Waals surface area contributed by atoms with Gasteiger partial charge in [-0.25, -0.2) is 4.98 Å². The fourth-order valence-corrected chi connectivity index (χ4v) is 10.5. The van der Waals surface area contributed by atoms with Crippen LogP contribution >= 0.6 is 39.1 Å². The van der Waals surface area contributed by atoms with Crippen molar-refractivity contribution in [2.75, 3.05) is 22.8 Å². The van der Waals surface area contributed by atoms with Crippen LogP contribution in [0.5, 0.6) is 11.5 Å². The van der Waals surface area contributed by atoms with E-state index in [2.05, 4.69) is 31.7 Å². The van der Waals surface area contributed by atoms with Crippen molar-refractivity contribution in [3.63, 3.8) is 0 Å². The van der Waals surface area contributed by atoms with E-state index in [0.717, 1.165) is 16.4 Å². The van der Waals surface area contributed by atoms with Crippen molar-refractivity contribution in [2.24, 2.45) is 23.7 Å². The molecule has 62 heavy (non-hydrogen) atoms. The number of alkyl halides is 3. The van der Waals surface area contributed by atoms with Gasteiger partial charge >= 0.3 is 6.18 Å². The lowest BCUT2D eigenvalue weighted by atomic mass is 9.49. The third-order valence-electron chi connectivity index (χ3n) is 12.3. The van der Waals surface area contributed by atoms with Gasteiger partial charge in [0.25, 0.3) is 11.8 Å². The molecule has 1 aromatic heterocycles. The van der Waals surface area contributed by atoms with E-state index in [0.29, 0.717) is 39.7 Å². The van der Waals surface area contributed by atoms with E-state index >= 15 is 9.59 Å². The first-order valence-corrected chi connectivity index (χ1v) is 20.9. The first-order chi connectivity index (χ1) is 29.6. The molecule has 6 unspecified atom stereocenters. The summed E-state index contributed by atoms with van der Waals surface area (Å²) in [4.78, 5) is 64.7. The molecule has 316 valence electrons. The number of carbonyl (C=O) groups is 4. The normalized spacial score (nSPS) is 24.4. The van der Waals surface area contributed by atoms with Crippen molar-refractivity contribution in [3.05, 3.63) is 146 Å². The van der Waals surface area contributed by atoms with Gasteiger partial charge in [-0.1, -0.05) is 65.2 Å². The predicted molar refractivity (Wildman–Crippen MR) is 228 cm³/mol. The number of benzene rings is 4. The summed E-state index contributed by atoms with van der Waals surface area (Å²) in [6, 6.07) is 26.6. The lowest BCUT2D eigenvalue weighted by Crippen LogP contribution is -2.53. The van der Waals surface area contributed by atoms with Gasteiger partial charge in [0.1, 0.15) is 0 Å².